The van der Waals surface area contributed by atoms with Gasteiger partial charge in [0.05, 0.1) is 28.6 Å². The number of rotatable bonds is 9. The van der Waals surface area contributed by atoms with Crippen LogP contribution in [0.25, 0.3) is 22.0 Å². The molecular weight excluding hydrogens is 472 g/mol. The van der Waals surface area contributed by atoms with Gasteiger partial charge in [0.1, 0.15) is 5.69 Å². The SMILES string of the molecule is COCCNC(=O)c1ncc2[nH]nc(OC(F)F)c2c1-c1ccc(S(=O)(=O)C(F)F)c(C)c1. The number of benzene rings is 1. The molecule has 14 heteroatoms. The molecule has 33 heavy (non-hydrogen) atoms. The van der Waals surface area contributed by atoms with E-state index in [2.05, 4.69) is 25.2 Å². The van der Waals surface area contributed by atoms with Gasteiger partial charge >= 0.3 is 12.4 Å². The van der Waals surface area contributed by atoms with Crippen LogP contribution in [0.4, 0.5) is 17.6 Å². The van der Waals surface area contributed by atoms with Crippen LogP contribution in [0, 0.1) is 6.92 Å². The summed E-state index contributed by atoms with van der Waals surface area (Å²) in [6, 6.07) is 3.35. The Hall–Kier alpha value is -3.26. The van der Waals surface area contributed by atoms with E-state index in [1.807, 2.05) is 0 Å². The topological polar surface area (TPSA) is 123 Å². The number of nitrogens with zero attached hydrogens (tertiary/aromatic N) is 2. The summed E-state index contributed by atoms with van der Waals surface area (Å²) in [5, 5.41) is 8.68. The first-order chi connectivity index (χ1) is 15.6. The second-order valence-corrected chi connectivity index (χ2v) is 8.60. The molecule has 0 fully saturated rings. The number of amides is 1. The molecule has 0 aliphatic rings. The van der Waals surface area contributed by atoms with Crippen LogP contribution in [0.1, 0.15) is 16.1 Å². The number of ether oxygens (including phenoxy) is 2. The van der Waals surface area contributed by atoms with E-state index in [-0.39, 0.29) is 46.4 Å². The number of nitrogens with one attached hydrogen (secondary N) is 2. The second-order valence-electron chi connectivity index (χ2n) is 6.71. The summed E-state index contributed by atoms with van der Waals surface area (Å²) >= 11 is 0. The number of aromatic amines is 1. The molecular formula is C19H18F4N4O5S. The molecule has 0 spiro atoms. The number of halogens is 4. The van der Waals surface area contributed by atoms with Gasteiger partial charge in [-0.05, 0) is 24.1 Å². The van der Waals surface area contributed by atoms with Crippen LogP contribution in [0.5, 0.6) is 5.88 Å². The van der Waals surface area contributed by atoms with Gasteiger partial charge in [-0.1, -0.05) is 12.1 Å². The van der Waals surface area contributed by atoms with E-state index in [9.17, 15) is 30.8 Å². The van der Waals surface area contributed by atoms with Crippen LogP contribution in [-0.4, -0.2) is 62.1 Å². The zero-order chi connectivity index (χ0) is 24.3. The van der Waals surface area contributed by atoms with Gasteiger partial charge in [-0.2, -0.15) is 17.6 Å². The van der Waals surface area contributed by atoms with E-state index in [1.54, 1.807) is 0 Å². The Kier molecular flexibility index (Phi) is 7.17. The predicted molar refractivity (Wildman–Crippen MR) is 108 cm³/mol. The molecule has 0 radical (unpaired) electrons. The number of pyridine rings is 1. The summed E-state index contributed by atoms with van der Waals surface area (Å²) in [5.74, 6) is -4.84. The first-order valence-corrected chi connectivity index (χ1v) is 10.8. The third-order valence-corrected chi connectivity index (χ3v) is 6.12. The number of aryl methyl sites for hydroxylation is 1. The highest BCUT2D eigenvalue weighted by Gasteiger charge is 2.29. The molecule has 0 bridgehead atoms. The number of methoxy groups -OCH3 is 1. The lowest BCUT2D eigenvalue weighted by Crippen LogP contribution is -2.28. The minimum atomic E-state index is -4.89. The van der Waals surface area contributed by atoms with Crippen molar-refractivity contribution in [2.24, 2.45) is 0 Å². The number of hydrogen-bond acceptors (Lipinski definition) is 7. The Morgan fingerprint density at radius 2 is 1.97 bits per heavy atom. The fraction of sp³-hybridized carbons (Fsp3) is 0.316. The molecule has 0 atom stereocenters. The maximum absolute atomic E-state index is 13.0. The van der Waals surface area contributed by atoms with E-state index in [1.165, 1.54) is 32.4 Å². The minimum absolute atomic E-state index is 0.00379. The summed E-state index contributed by atoms with van der Waals surface area (Å²) in [6.45, 7) is -1.63. The van der Waals surface area contributed by atoms with E-state index < -0.39 is 38.9 Å². The van der Waals surface area contributed by atoms with Crippen molar-refractivity contribution >= 4 is 26.6 Å². The van der Waals surface area contributed by atoms with Gasteiger partial charge in [0.2, 0.25) is 15.7 Å². The van der Waals surface area contributed by atoms with Crippen molar-refractivity contribution in [3.05, 3.63) is 35.7 Å². The number of H-pyrrole nitrogens is 1. The summed E-state index contributed by atoms with van der Waals surface area (Å²) in [6.07, 6.45) is 1.19. The number of aromatic nitrogens is 3. The molecule has 9 nitrogen and oxygen atoms in total. The van der Waals surface area contributed by atoms with E-state index in [0.717, 1.165) is 6.07 Å². The van der Waals surface area contributed by atoms with Gasteiger partial charge < -0.3 is 14.8 Å². The number of fused-ring (bicyclic) bond motifs is 1. The van der Waals surface area contributed by atoms with Crippen molar-refractivity contribution in [1.82, 2.24) is 20.5 Å². The summed E-state index contributed by atoms with van der Waals surface area (Å²) in [7, 11) is -3.46. The second kappa shape index (κ2) is 9.70. The van der Waals surface area contributed by atoms with Crippen LogP contribution in [-0.2, 0) is 14.6 Å². The zero-order valence-electron chi connectivity index (χ0n) is 17.2. The molecule has 0 unspecified atom stereocenters. The van der Waals surface area contributed by atoms with Gasteiger partial charge in [-0.3, -0.25) is 9.89 Å². The van der Waals surface area contributed by atoms with Crippen molar-refractivity contribution in [2.75, 3.05) is 20.3 Å². The number of hydrogen-bond donors (Lipinski definition) is 2. The lowest BCUT2D eigenvalue weighted by Gasteiger charge is -2.14. The summed E-state index contributed by atoms with van der Waals surface area (Å²) in [4.78, 5) is 16.2. The van der Waals surface area contributed by atoms with Crippen molar-refractivity contribution in [3.8, 4) is 17.0 Å². The molecule has 0 saturated heterocycles. The molecule has 3 aromatic rings. The van der Waals surface area contributed by atoms with Gasteiger partial charge in [0.25, 0.3) is 5.91 Å². The number of alkyl halides is 4. The highest BCUT2D eigenvalue weighted by Crippen LogP contribution is 2.37. The Balaban J connectivity index is 2.24. The molecule has 1 aromatic carbocycles. The van der Waals surface area contributed by atoms with Crippen molar-refractivity contribution in [1.29, 1.82) is 0 Å². The van der Waals surface area contributed by atoms with Gasteiger partial charge in [0, 0.05) is 19.2 Å². The normalized spacial score (nSPS) is 12.0. The summed E-state index contributed by atoms with van der Waals surface area (Å²) < 4.78 is 85.0. The predicted octanol–water partition coefficient (Wildman–Crippen LogP) is 2.91. The molecule has 3 rings (SSSR count). The fourth-order valence-electron chi connectivity index (χ4n) is 3.18. The number of carbonyl (C=O) groups excluding carboxylic acids is 1. The smallest absolute Gasteiger partial charge is 0.388 e. The zero-order valence-corrected chi connectivity index (χ0v) is 18.1. The van der Waals surface area contributed by atoms with E-state index >= 15 is 0 Å². The Labute approximate surface area is 185 Å². The van der Waals surface area contributed by atoms with Crippen LogP contribution in [0.2, 0.25) is 0 Å². The van der Waals surface area contributed by atoms with Crippen LogP contribution < -0.4 is 10.1 Å². The van der Waals surface area contributed by atoms with Gasteiger partial charge in [0.15, 0.2) is 0 Å². The number of carbonyl (C=O) groups is 1. The molecule has 2 aromatic heterocycles. The van der Waals surface area contributed by atoms with Crippen molar-refractivity contribution in [2.45, 2.75) is 24.2 Å². The molecule has 0 aliphatic heterocycles. The van der Waals surface area contributed by atoms with Gasteiger partial charge in [-0.15, -0.1) is 5.10 Å². The quantitative estimate of drug-likeness (QED) is 0.349. The molecule has 0 saturated carbocycles. The molecule has 0 aliphatic carbocycles. The largest absolute Gasteiger partial charge is 0.415 e. The maximum Gasteiger partial charge on any atom is 0.388 e. The highest BCUT2D eigenvalue weighted by atomic mass is 32.2. The fourth-order valence-corrected chi connectivity index (χ4v) is 4.14. The average molecular weight is 490 g/mol. The standard InChI is InChI=1S/C19H18F4N4O5S/c1-9-7-10(3-4-12(9)33(29,30)19(22)23)13-14-11(26-27-17(14)32-18(20)21)8-25-15(13)16(28)24-5-6-31-2/h3-4,7-8,18-19H,5-6H2,1-2H3,(H,24,28)(H,26,27). The molecule has 1 amide bonds. The molecule has 178 valence electrons. The Morgan fingerprint density at radius 3 is 2.58 bits per heavy atom. The first kappa shape index (κ1) is 24.4. The summed E-state index contributed by atoms with van der Waals surface area (Å²) in [5.41, 5.74) is 0.0431. The van der Waals surface area contributed by atoms with E-state index in [0.29, 0.717) is 0 Å². The highest BCUT2D eigenvalue weighted by molar-refractivity contribution is 7.91. The lowest BCUT2D eigenvalue weighted by molar-refractivity contribution is -0.0518. The maximum atomic E-state index is 13.0. The minimum Gasteiger partial charge on any atom is -0.415 e. The van der Waals surface area contributed by atoms with Crippen molar-refractivity contribution < 1.29 is 40.2 Å². The monoisotopic (exact) mass is 490 g/mol. The Morgan fingerprint density at radius 1 is 1.24 bits per heavy atom. The number of sulfone groups is 1. The average Bonchev–Trinajstić information content (AvgIpc) is 3.15. The van der Waals surface area contributed by atoms with Gasteiger partial charge in [-0.25, -0.2) is 13.4 Å². The molecule has 2 N–H and O–H groups in total. The van der Waals surface area contributed by atoms with Crippen molar-refractivity contribution in [3.63, 3.8) is 0 Å². The molecule has 2 heterocycles. The first-order valence-electron chi connectivity index (χ1n) is 9.30. The Bertz CT molecular complexity index is 1280. The third kappa shape index (κ3) is 4.90. The third-order valence-electron chi connectivity index (χ3n) is 4.58. The van der Waals surface area contributed by atoms with E-state index in [4.69, 9.17) is 4.74 Å². The van der Waals surface area contributed by atoms with Crippen LogP contribution in [0.3, 0.4) is 0 Å². The van der Waals surface area contributed by atoms with Crippen LogP contribution in [0.15, 0.2) is 29.3 Å². The van der Waals surface area contributed by atoms with Crippen LogP contribution >= 0.6 is 0 Å². The lowest BCUT2D eigenvalue weighted by atomic mass is 9.98.